The standard InChI is InChI=1S/C20H20F2N2OS/c1-25-14-8-6-13(7-9-14)10-11-26-20-16(12-23)18(19(21)22)15-4-2-3-5-17(15)24-20/h6-9,19H,2-5,10-11H2,1H3. The lowest BCUT2D eigenvalue weighted by Gasteiger charge is -2.21. The van der Waals surface area contributed by atoms with E-state index >= 15 is 0 Å². The first-order valence-corrected chi connectivity index (χ1v) is 9.62. The number of nitriles is 1. The average molecular weight is 374 g/mol. The van der Waals surface area contributed by atoms with Crippen LogP contribution in [-0.4, -0.2) is 17.8 Å². The monoisotopic (exact) mass is 374 g/mol. The van der Waals surface area contributed by atoms with Gasteiger partial charge >= 0.3 is 0 Å². The quantitative estimate of drug-likeness (QED) is 0.659. The first kappa shape index (κ1) is 18.7. The van der Waals surface area contributed by atoms with Crippen molar-refractivity contribution >= 4 is 11.8 Å². The van der Waals surface area contributed by atoms with Crippen molar-refractivity contribution in [1.82, 2.24) is 4.98 Å². The molecule has 0 N–H and O–H groups in total. The van der Waals surface area contributed by atoms with Gasteiger partial charge in [-0.15, -0.1) is 11.8 Å². The average Bonchev–Trinajstić information content (AvgIpc) is 2.67. The molecule has 6 heteroatoms. The summed E-state index contributed by atoms with van der Waals surface area (Å²) in [4.78, 5) is 4.57. The number of thioether (sulfide) groups is 1. The lowest BCUT2D eigenvalue weighted by Crippen LogP contribution is -2.13. The van der Waals surface area contributed by atoms with E-state index in [1.165, 1.54) is 11.8 Å². The third-order valence-electron chi connectivity index (χ3n) is 4.60. The Balaban J connectivity index is 1.80. The van der Waals surface area contributed by atoms with Gasteiger partial charge in [0.1, 0.15) is 16.8 Å². The van der Waals surface area contributed by atoms with Gasteiger partial charge in [0.25, 0.3) is 6.43 Å². The molecule has 0 saturated carbocycles. The largest absolute Gasteiger partial charge is 0.497 e. The lowest BCUT2D eigenvalue weighted by atomic mass is 9.90. The number of benzene rings is 1. The molecule has 0 bridgehead atoms. The first-order chi connectivity index (χ1) is 12.6. The van der Waals surface area contributed by atoms with Crippen LogP contribution in [0.5, 0.6) is 5.75 Å². The Bertz CT molecular complexity index is 816. The van der Waals surface area contributed by atoms with Crippen molar-refractivity contribution in [3.05, 3.63) is 52.2 Å². The zero-order valence-corrected chi connectivity index (χ0v) is 15.4. The van der Waals surface area contributed by atoms with Crippen LogP contribution < -0.4 is 4.74 Å². The molecule has 0 aliphatic heterocycles. The topological polar surface area (TPSA) is 45.9 Å². The van der Waals surface area contributed by atoms with Gasteiger partial charge in [0.15, 0.2) is 0 Å². The molecule has 0 amide bonds. The van der Waals surface area contributed by atoms with Crippen molar-refractivity contribution in [2.24, 2.45) is 0 Å². The van der Waals surface area contributed by atoms with Gasteiger partial charge in [-0.2, -0.15) is 5.26 Å². The van der Waals surface area contributed by atoms with E-state index in [-0.39, 0.29) is 11.1 Å². The Morgan fingerprint density at radius 2 is 1.96 bits per heavy atom. The SMILES string of the molecule is COc1ccc(CCSc2nc3c(c(C(F)F)c2C#N)CCCC3)cc1. The Hall–Kier alpha value is -2.13. The normalized spacial score (nSPS) is 13.3. The number of aromatic nitrogens is 1. The number of hydrogen-bond donors (Lipinski definition) is 0. The second kappa shape index (κ2) is 8.50. The summed E-state index contributed by atoms with van der Waals surface area (Å²) in [7, 11) is 1.62. The summed E-state index contributed by atoms with van der Waals surface area (Å²) < 4.78 is 32.4. The molecule has 2 aromatic rings. The predicted octanol–water partition coefficient (Wildman–Crippen LogP) is 5.11. The molecule has 3 rings (SSSR count). The summed E-state index contributed by atoms with van der Waals surface area (Å²) in [6, 6.07) is 9.73. The van der Waals surface area contributed by atoms with Gasteiger partial charge in [-0.1, -0.05) is 12.1 Å². The number of pyridine rings is 1. The highest BCUT2D eigenvalue weighted by molar-refractivity contribution is 7.99. The van der Waals surface area contributed by atoms with E-state index in [1.54, 1.807) is 7.11 Å². The molecule has 136 valence electrons. The second-order valence-electron chi connectivity index (χ2n) is 6.20. The minimum absolute atomic E-state index is 0.0559. The second-order valence-corrected chi connectivity index (χ2v) is 7.28. The van der Waals surface area contributed by atoms with E-state index in [9.17, 15) is 14.0 Å². The Morgan fingerprint density at radius 1 is 1.23 bits per heavy atom. The van der Waals surface area contributed by atoms with Crippen LogP contribution >= 0.6 is 11.8 Å². The van der Waals surface area contributed by atoms with Crippen molar-refractivity contribution in [3.63, 3.8) is 0 Å². The molecule has 26 heavy (non-hydrogen) atoms. The highest BCUT2D eigenvalue weighted by Gasteiger charge is 2.27. The number of alkyl halides is 2. The van der Waals surface area contributed by atoms with Crippen molar-refractivity contribution in [3.8, 4) is 11.8 Å². The highest BCUT2D eigenvalue weighted by atomic mass is 32.2. The molecule has 1 heterocycles. The van der Waals surface area contributed by atoms with E-state index in [0.29, 0.717) is 29.2 Å². The lowest BCUT2D eigenvalue weighted by molar-refractivity contribution is 0.149. The van der Waals surface area contributed by atoms with Crippen LogP contribution in [0.2, 0.25) is 0 Å². The Labute approximate surface area is 156 Å². The molecule has 0 fully saturated rings. The number of halogens is 2. The van der Waals surface area contributed by atoms with Crippen LogP contribution in [-0.2, 0) is 19.3 Å². The molecule has 1 aromatic carbocycles. The van der Waals surface area contributed by atoms with Crippen molar-refractivity contribution in [2.45, 2.75) is 43.6 Å². The van der Waals surface area contributed by atoms with Crippen LogP contribution in [0.25, 0.3) is 0 Å². The Kier molecular flexibility index (Phi) is 6.10. The van der Waals surface area contributed by atoms with Crippen LogP contribution in [0.1, 0.15) is 47.2 Å². The zero-order valence-electron chi connectivity index (χ0n) is 14.6. The summed E-state index contributed by atoms with van der Waals surface area (Å²) in [5.74, 6) is 1.47. The summed E-state index contributed by atoms with van der Waals surface area (Å²) >= 11 is 1.38. The molecule has 0 radical (unpaired) electrons. The molecular formula is C20H20F2N2OS. The Morgan fingerprint density at radius 3 is 2.62 bits per heavy atom. The van der Waals surface area contributed by atoms with Crippen LogP contribution in [0.3, 0.4) is 0 Å². The van der Waals surface area contributed by atoms with Crippen LogP contribution in [0.15, 0.2) is 29.3 Å². The maximum absolute atomic E-state index is 13.6. The molecular weight excluding hydrogens is 354 g/mol. The fourth-order valence-electron chi connectivity index (χ4n) is 3.26. The van der Waals surface area contributed by atoms with Gasteiger partial charge in [-0.05, 0) is 55.4 Å². The van der Waals surface area contributed by atoms with Crippen molar-refractivity contribution in [1.29, 1.82) is 5.26 Å². The van der Waals surface area contributed by atoms with E-state index in [1.807, 2.05) is 30.3 Å². The molecule has 1 aliphatic rings. The predicted molar refractivity (Wildman–Crippen MR) is 98.0 cm³/mol. The maximum Gasteiger partial charge on any atom is 0.265 e. The van der Waals surface area contributed by atoms with Crippen LogP contribution in [0.4, 0.5) is 8.78 Å². The number of ether oxygens (including phenoxy) is 1. The van der Waals surface area contributed by atoms with Crippen LogP contribution in [0, 0.1) is 11.3 Å². The summed E-state index contributed by atoms with van der Waals surface area (Å²) in [5, 5.41) is 9.91. The fraction of sp³-hybridized carbons (Fsp3) is 0.400. The third kappa shape index (κ3) is 3.99. The van der Waals surface area contributed by atoms with E-state index in [4.69, 9.17) is 4.74 Å². The molecule has 0 atom stereocenters. The van der Waals surface area contributed by atoms with E-state index in [2.05, 4.69) is 4.98 Å². The van der Waals surface area contributed by atoms with Gasteiger partial charge in [-0.25, -0.2) is 13.8 Å². The summed E-state index contributed by atoms with van der Waals surface area (Å²) in [6.45, 7) is 0. The van der Waals surface area contributed by atoms with Gasteiger partial charge in [0, 0.05) is 17.0 Å². The number of nitrogens with zero attached hydrogens (tertiary/aromatic N) is 2. The molecule has 1 aliphatic carbocycles. The fourth-order valence-corrected chi connectivity index (χ4v) is 4.26. The van der Waals surface area contributed by atoms with E-state index < -0.39 is 6.43 Å². The highest BCUT2D eigenvalue weighted by Crippen LogP contribution is 2.37. The summed E-state index contributed by atoms with van der Waals surface area (Å²) in [6.07, 6.45) is 1.27. The number of fused-ring (bicyclic) bond motifs is 1. The zero-order chi connectivity index (χ0) is 18.5. The number of methoxy groups -OCH3 is 1. The number of hydrogen-bond acceptors (Lipinski definition) is 4. The van der Waals surface area contributed by atoms with E-state index in [0.717, 1.165) is 36.3 Å². The molecule has 0 saturated heterocycles. The van der Waals surface area contributed by atoms with Gasteiger partial charge in [0.05, 0.1) is 12.7 Å². The minimum Gasteiger partial charge on any atom is -0.497 e. The van der Waals surface area contributed by atoms with Crippen molar-refractivity contribution < 1.29 is 13.5 Å². The smallest absolute Gasteiger partial charge is 0.265 e. The minimum atomic E-state index is -2.64. The van der Waals surface area contributed by atoms with Gasteiger partial charge < -0.3 is 4.74 Å². The maximum atomic E-state index is 13.6. The number of rotatable bonds is 6. The summed E-state index contributed by atoms with van der Waals surface area (Å²) in [5.41, 5.74) is 2.44. The van der Waals surface area contributed by atoms with Gasteiger partial charge in [0.2, 0.25) is 0 Å². The van der Waals surface area contributed by atoms with Crippen molar-refractivity contribution in [2.75, 3.05) is 12.9 Å². The molecule has 3 nitrogen and oxygen atoms in total. The number of aryl methyl sites for hydroxylation is 2. The molecule has 0 unspecified atom stereocenters. The molecule has 1 aromatic heterocycles. The molecule has 0 spiro atoms. The third-order valence-corrected chi connectivity index (χ3v) is 5.58. The first-order valence-electron chi connectivity index (χ1n) is 8.63. The van der Waals surface area contributed by atoms with Gasteiger partial charge in [-0.3, -0.25) is 0 Å².